The van der Waals surface area contributed by atoms with Crippen molar-refractivity contribution in [2.45, 2.75) is 57.4 Å². The first-order valence-corrected chi connectivity index (χ1v) is 8.95. The van der Waals surface area contributed by atoms with E-state index in [0.29, 0.717) is 19.6 Å². The number of ether oxygens (including phenoxy) is 2. The number of amides is 2. The van der Waals surface area contributed by atoms with E-state index in [9.17, 15) is 4.79 Å². The molecular weight excluding hydrogens is 308 g/mol. The first-order chi connectivity index (χ1) is 11.7. The van der Waals surface area contributed by atoms with Gasteiger partial charge in [-0.3, -0.25) is 0 Å². The Balaban J connectivity index is 1.54. The molecule has 2 amide bonds. The molecule has 0 spiro atoms. The molecule has 0 aromatic carbocycles. The van der Waals surface area contributed by atoms with Crippen molar-refractivity contribution in [1.29, 1.82) is 0 Å². The molecule has 24 heavy (non-hydrogen) atoms. The molecule has 7 heteroatoms. The normalized spacial score (nSPS) is 24.9. The number of imidazole rings is 1. The Morgan fingerprint density at radius 1 is 1.29 bits per heavy atom. The van der Waals surface area contributed by atoms with Gasteiger partial charge in [0.25, 0.3) is 0 Å². The smallest absolute Gasteiger partial charge is 0.317 e. The van der Waals surface area contributed by atoms with E-state index >= 15 is 0 Å². The molecule has 1 aromatic rings. The highest BCUT2D eigenvalue weighted by Gasteiger charge is 2.27. The summed E-state index contributed by atoms with van der Waals surface area (Å²) in [5.41, 5.74) is 0. The summed E-state index contributed by atoms with van der Waals surface area (Å²) in [6.45, 7) is 5.61. The number of aromatic nitrogens is 2. The van der Waals surface area contributed by atoms with Crippen molar-refractivity contribution in [2.24, 2.45) is 0 Å². The molecule has 0 bridgehead atoms. The van der Waals surface area contributed by atoms with Crippen LogP contribution >= 0.6 is 0 Å². The lowest BCUT2D eigenvalue weighted by Crippen LogP contribution is -2.49. The molecule has 0 unspecified atom stereocenters. The van der Waals surface area contributed by atoms with Crippen LogP contribution in [0.4, 0.5) is 4.79 Å². The van der Waals surface area contributed by atoms with Gasteiger partial charge < -0.3 is 24.3 Å². The maximum atomic E-state index is 12.7. The molecule has 134 valence electrons. The third-order valence-corrected chi connectivity index (χ3v) is 4.60. The van der Waals surface area contributed by atoms with Crippen molar-refractivity contribution in [1.82, 2.24) is 19.8 Å². The van der Waals surface area contributed by atoms with Crippen LogP contribution in [0.5, 0.6) is 0 Å². The van der Waals surface area contributed by atoms with Gasteiger partial charge in [0, 0.05) is 51.3 Å². The molecule has 2 saturated heterocycles. The highest BCUT2D eigenvalue weighted by Crippen LogP contribution is 2.17. The van der Waals surface area contributed by atoms with E-state index in [2.05, 4.69) is 10.3 Å². The zero-order valence-electron chi connectivity index (χ0n) is 14.4. The molecule has 1 N–H and O–H groups in total. The SMILES string of the molecule is C[C@@H](Cn1ccnc1)NC(=O)N(C[C@@H]1CCCO1)C[C@@H]1CCCO1. The second-order valence-electron chi connectivity index (χ2n) is 6.79. The molecule has 2 aliphatic heterocycles. The van der Waals surface area contributed by atoms with E-state index in [1.165, 1.54) is 0 Å². The summed E-state index contributed by atoms with van der Waals surface area (Å²) >= 11 is 0. The number of urea groups is 1. The maximum absolute atomic E-state index is 12.7. The van der Waals surface area contributed by atoms with Gasteiger partial charge in [-0.1, -0.05) is 0 Å². The van der Waals surface area contributed by atoms with Crippen molar-refractivity contribution >= 4 is 6.03 Å². The third kappa shape index (κ3) is 4.95. The van der Waals surface area contributed by atoms with E-state index in [1.54, 1.807) is 12.5 Å². The van der Waals surface area contributed by atoms with Gasteiger partial charge in [-0.15, -0.1) is 0 Å². The molecule has 2 aliphatic rings. The Hall–Kier alpha value is -1.60. The molecule has 7 nitrogen and oxygen atoms in total. The van der Waals surface area contributed by atoms with E-state index < -0.39 is 0 Å². The molecule has 0 aliphatic carbocycles. The second kappa shape index (κ2) is 8.48. The summed E-state index contributed by atoms with van der Waals surface area (Å²) in [4.78, 5) is 18.6. The van der Waals surface area contributed by atoms with Gasteiger partial charge in [-0.05, 0) is 32.6 Å². The third-order valence-electron chi connectivity index (χ3n) is 4.60. The first kappa shape index (κ1) is 17.2. The van der Waals surface area contributed by atoms with Crippen LogP contribution in [0.3, 0.4) is 0 Å². The number of rotatable bonds is 7. The number of hydrogen-bond acceptors (Lipinski definition) is 4. The number of hydrogen-bond donors (Lipinski definition) is 1. The molecule has 3 atom stereocenters. The summed E-state index contributed by atoms with van der Waals surface area (Å²) in [6.07, 6.45) is 9.93. The summed E-state index contributed by atoms with van der Waals surface area (Å²) in [5.74, 6) is 0. The Kier molecular flexibility index (Phi) is 6.09. The van der Waals surface area contributed by atoms with Crippen LogP contribution in [-0.2, 0) is 16.0 Å². The van der Waals surface area contributed by atoms with Crippen molar-refractivity contribution in [2.75, 3.05) is 26.3 Å². The van der Waals surface area contributed by atoms with E-state index in [-0.39, 0.29) is 24.3 Å². The average Bonchev–Trinajstić information content (AvgIpc) is 3.30. The molecular formula is C17H28N4O3. The minimum Gasteiger partial charge on any atom is -0.376 e. The lowest BCUT2D eigenvalue weighted by molar-refractivity contribution is 0.0493. The van der Waals surface area contributed by atoms with E-state index in [1.807, 2.05) is 22.6 Å². The quantitative estimate of drug-likeness (QED) is 0.822. The molecule has 2 fully saturated rings. The zero-order valence-corrected chi connectivity index (χ0v) is 14.4. The summed E-state index contributed by atoms with van der Waals surface area (Å²) < 4.78 is 13.4. The fraction of sp³-hybridized carbons (Fsp3) is 0.765. The minimum atomic E-state index is -0.0337. The van der Waals surface area contributed by atoms with Gasteiger partial charge in [-0.25, -0.2) is 9.78 Å². The van der Waals surface area contributed by atoms with Crippen molar-refractivity contribution < 1.29 is 14.3 Å². The second-order valence-corrected chi connectivity index (χ2v) is 6.79. The van der Waals surface area contributed by atoms with Gasteiger partial charge in [0.2, 0.25) is 0 Å². The Bertz CT molecular complexity index is 478. The van der Waals surface area contributed by atoms with Crippen LogP contribution in [-0.4, -0.2) is 65.0 Å². The predicted molar refractivity (Wildman–Crippen MR) is 89.7 cm³/mol. The maximum Gasteiger partial charge on any atom is 0.317 e. The number of nitrogens with one attached hydrogen (secondary N) is 1. The molecule has 3 rings (SSSR count). The van der Waals surface area contributed by atoms with Gasteiger partial charge in [0.15, 0.2) is 0 Å². The van der Waals surface area contributed by atoms with Crippen molar-refractivity contribution in [3.63, 3.8) is 0 Å². The number of carbonyl (C=O) groups is 1. The topological polar surface area (TPSA) is 68.6 Å². The van der Waals surface area contributed by atoms with Crippen LogP contribution in [0.15, 0.2) is 18.7 Å². The summed E-state index contributed by atoms with van der Waals surface area (Å²) in [7, 11) is 0. The average molecular weight is 336 g/mol. The monoisotopic (exact) mass is 336 g/mol. The van der Waals surface area contributed by atoms with Crippen molar-refractivity contribution in [3.05, 3.63) is 18.7 Å². The minimum absolute atomic E-state index is 0.0307. The van der Waals surface area contributed by atoms with Gasteiger partial charge in [-0.2, -0.15) is 0 Å². The van der Waals surface area contributed by atoms with Crippen LogP contribution in [0.2, 0.25) is 0 Å². The van der Waals surface area contributed by atoms with Gasteiger partial charge in [0.05, 0.1) is 18.5 Å². The van der Waals surface area contributed by atoms with E-state index in [4.69, 9.17) is 9.47 Å². The summed E-state index contributed by atoms with van der Waals surface area (Å²) in [5, 5.41) is 3.09. The largest absolute Gasteiger partial charge is 0.376 e. The highest BCUT2D eigenvalue weighted by atomic mass is 16.5. The first-order valence-electron chi connectivity index (χ1n) is 8.95. The van der Waals surface area contributed by atoms with Crippen molar-refractivity contribution in [3.8, 4) is 0 Å². The van der Waals surface area contributed by atoms with Gasteiger partial charge in [0.1, 0.15) is 0 Å². The number of carbonyl (C=O) groups excluding carboxylic acids is 1. The lowest BCUT2D eigenvalue weighted by atomic mass is 10.2. The van der Waals surface area contributed by atoms with Crippen LogP contribution in [0.25, 0.3) is 0 Å². The number of nitrogens with zero attached hydrogens (tertiary/aromatic N) is 3. The Morgan fingerprint density at radius 2 is 1.96 bits per heavy atom. The van der Waals surface area contributed by atoms with Crippen LogP contribution in [0, 0.1) is 0 Å². The predicted octanol–water partition coefficient (Wildman–Crippen LogP) is 1.64. The Morgan fingerprint density at radius 3 is 2.46 bits per heavy atom. The molecule has 0 saturated carbocycles. The molecule has 1 aromatic heterocycles. The standard InChI is InChI=1S/C17H28N4O3/c1-14(10-20-7-6-18-13-20)19-17(22)21(11-15-4-2-8-23-15)12-16-5-3-9-24-16/h6-7,13-16H,2-5,8-12H2,1H3,(H,19,22)/t14-,15-,16-/m0/s1. The fourth-order valence-corrected chi connectivity index (χ4v) is 3.37. The zero-order chi connectivity index (χ0) is 16.8. The Labute approximate surface area is 143 Å². The molecule has 3 heterocycles. The van der Waals surface area contributed by atoms with Gasteiger partial charge >= 0.3 is 6.03 Å². The summed E-state index contributed by atoms with van der Waals surface area (Å²) in [6, 6.07) is -0.00296. The van der Waals surface area contributed by atoms with Crippen LogP contribution < -0.4 is 5.32 Å². The fourth-order valence-electron chi connectivity index (χ4n) is 3.37. The highest BCUT2D eigenvalue weighted by molar-refractivity contribution is 5.74. The lowest BCUT2D eigenvalue weighted by Gasteiger charge is -2.29. The molecule has 0 radical (unpaired) electrons. The van der Waals surface area contributed by atoms with Crippen LogP contribution in [0.1, 0.15) is 32.6 Å². The van der Waals surface area contributed by atoms with E-state index in [0.717, 1.165) is 38.9 Å².